The zero-order valence-corrected chi connectivity index (χ0v) is 13.8. The lowest BCUT2D eigenvalue weighted by Crippen LogP contribution is -2.14. The van der Waals surface area contributed by atoms with Gasteiger partial charge in [0.2, 0.25) is 5.91 Å². The van der Waals surface area contributed by atoms with Crippen molar-refractivity contribution >= 4 is 28.9 Å². The SMILES string of the molecule is COC(=O)c1sccc1NC(=O)CCc1ccc(C)cc1C. The molecule has 0 aliphatic carbocycles. The second-order valence-electron chi connectivity index (χ2n) is 5.13. The van der Waals surface area contributed by atoms with E-state index in [1.165, 1.54) is 35.1 Å². The predicted octanol–water partition coefficient (Wildman–Crippen LogP) is 3.72. The monoisotopic (exact) mass is 317 g/mol. The molecule has 2 rings (SSSR count). The average Bonchev–Trinajstić information content (AvgIpc) is 2.93. The standard InChI is InChI=1S/C17H19NO3S/c1-11-4-5-13(12(2)10-11)6-7-15(19)18-14-8-9-22-16(14)17(20)21-3/h4-5,8-10H,6-7H2,1-3H3,(H,18,19). The fourth-order valence-electron chi connectivity index (χ4n) is 2.25. The summed E-state index contributed by atoms with van der Waals surface area (Å²) in [6, 6.07) is 7.93. The third-order valence-corrected chi connectivity index (χ3v) is 4.32. The van der Waals surface area contributed by atoms with Gasteiger partial charge in [-0.15, -0.1) is 11.3 Å². The Labute approximate surface area is 134 Å². The number of hydrogen-bond donors (Lipinski definition) is 1. The van der Waals surface area contributed by atoms with Crippen LogP contribution in [0.15, 0.2) is 29.6 Å². The van der Waals surface area contributed by atoms with Crippen LogP contribution in [0.5, 0.6) is 0 Å². The van der Waals surface area contributed by atoms with Crippen molar-refractivity contribution in [1.82, 2.24) is 0 Å². The molecule has 1 N–H and O–H groups in total. The number of amides is 1. The summed E-state index contributed by atoms with van der Waals surface area (Å²) in [6.07, 6.45) is 1.05. The molecule has 0 aliphatic heterocycles. The lowest BCUT2D eigenvalue weighted by molar-refractivity contribution is -0.116. The summed E-state index contributed by atoms with van der Waals surface area (Å²) in [5.41, 5.74) is 4.09. The van der Waals surface area contributed by atoms with Gasteiger partial charge in [-0.3, -0.25) is 4.79 Å². The number of hydrogen-bond acceptors (Lipinski definition) is 4. The van der Waals surface area contributed by atoms with Crippen molar-refractivity contribution in [3.63, 3.8) is 0 Å². The highest BCUT2D eigenvalue weighted by Crippen LogP contribution is 2.23. The molecule has 5 heteroatoms. The zero-order valence-electron chi connectivity index (χ0n) is 12.9. The second-order valence-corrected chi connectivity index (χ2v) is 6.05. The van der Waals surface area contributed by atoms with Crippen molar-refractivity contribution in [3.05, 3.63) is 51.2 Å². The molecule has 2 aromatic rings. The summed E-state index contributed by atoms with van der Waals surface area (Å²) in [6.45, 7) is 4.10. The maximum Gasteiger partial charge on any atom is 0.350 e. The molecule has 0 saturated carbocycles. The first kappa shape index (κ1) is 16.2. The summed E-state index contributed by atoms with van der Waals surface area (Å²) < 4.78 is 4.69. The molecule has 116 valence electrons. The van der Waals surface area contributed by atoms with E-state index in [0.29, 0.717) is 23.4 Å². The minimum Gasteiger partial charge on any atom is -0.465 e. The van der Waals surface area contributed by atoms with Gasteiger partial charge in [-0.1, -0.05) is 23.8 Å². The van der Waals surface area contributed by atoms with Crippen molar-refractivity contribution in [2.75, 3.05) is 12.4 Å². The van der Waals surface area contributed by atoms with Gasteiger partial charge in [-0.05, 0) is 42.8 Å². The lowest BCUT2D eigenvalue weighted by Gasteiger charge is -2.08. The normalized spacial score (nSPS) is 10.3. The largest absolute Gasteiger partial charge is 0.465 e. The van der Waals surface area contributed by atoms with Crippen LogP contribution in [0.1, 0.15) is 32.8 Å². The molecular formula is C17H19NO3S. The minimum atomic E-state index is -0.431. The van der Waals surface area contributed by atoms with Crippen molar-refractivity contribution in [2.45, 2.75) is 26.7 Å². The number of aryl methyl sites for hydroxylation is 3. The summed E-state index contributed by atoms with van der Waals surface area (Å²) in [7, 11) is 1.33. The van der Waals surface area contributed by atoms with Crippen LogP contribution in [0.2, 0.25) is 0 Å². The van der Waals surface area contributed by atoms with Crippen molar-refractivity contribution < 1.29 is 14.3 Å². The van der Waals surface area contributed by atoms with Crippen LogP contribution in [-0.2, 0) is 16.0 Å². The Balaban J connectivity index is 1.96. The maximum absolute atomic E-state index is 12.1. The summed E-state index contributed by atoms with van der Waals surface area (Å²) >= 11 is 1.25. The van der Waals surface area contributed by atoms with Gasteiger partial charge in [0, 0.05) is 6.42 Å². The Morgan fingerprint density at radius 1 is 1.23 bits per heavy atom. The maximum atomic E-state index is 12.1. The molecule has 1 amide bonds. The van der Waals surface area contributed by atoms with E-state index in [2.05, 4.69) is 30.4 Å². The summed E-state index contributed by atoms with van der Waals surface area (Å²) in [5.74, 6) is -0.539. The molecule has 0 spiro atoms. The minimum absolute atomic E-state index is 0.108. The number of rotatable bonds is 5. The Morgan fingerprint density at radius 2 is 2.00 bits per heavy atom. The highest BCUT2D eigenvalue weighted by Gasteiger charge is 2.15. The molecule has 22 heavy (non-hydrogen) atoms. The highest BCUT2D eigenvalue weighted by molar-refractivity contribution is 7.12. The van der Waals surface area contributed by atoms with Gasteiger partial charge in [0.05, 0.1) is 12.8 Å². The first-order chi connectivity index (χ1) is 10.5. The Kier molecular flexibility index (Phi) is 5.33. The van der Waals surface area contributed by atoms with E-state index in [0.717, 1.165) is 0 Å². The third-order valence-electron chi connectivity index (χ3n) is 3.43. The second kappa shape index (κ2) is 7.22. The first-order valence-electron chi connectivity index (χ1n) is 7.03. The van der Waals surface area contributed by atoms with E-state index in [4.69, 9.17) is 4.74 Å². The number of thiophene rings is 1. The molecule has 0 saturated heterocycles. The average molecular weight is 317 g/mol. The van der Waals surface area contributed by atoms with Gasteiger partial charge in [-0.2, -0.15) is 0 Å². The fourth-order valence-corrected chi connectivity index (χ4v) is 3.01. The van der Waals surface area contributed by atoms with Crippen LogP contribution in [0.25, 0.3) is 0 Å². The summed E-state index contributed by atoms with van der Waals surface area (Å²) in [5, 5.41) is 4.53. The molecule has 1 heterocycles. The van der Waals surface area contributed by atoms with Crippen LogP contribution < -0.4 is 5.32 Å². The van der Waals surface area contributed by atoms with E-state index in [1.54, 1.807) is 11.4 Å². The third kappa shape index (κ3) is 3.95. The molecule has 0 radical (unpaired) electrons. The van der Waals surface area contributed by atoms with Crippen molar-refractivity contribution in [2.24, 2.45) is 0 Å². The van der Waals surface area contributed by atoms with Crippen LogP contribution >= 0.6 is 11.3 Å². The lowest BCUT2D eigenvalue weighted by atomic mass is 10.0. The Hall–Kier alpha value is -2.14. The van der Waals surface area contributed by atoms with E-state index in [9.17, 15) is 9.59 Å². The van der Waals surface area contributed by atoms with E-state index in [1.807, 2.05) is 6.92 Å². The van der Waals surface area contributed by atoms with Gasteiger partial charge in [0.1, 0.15) is 4.88 Å². The number of ether oxygens (including phenoxy) is 1. The van der Waals surface area contributed by atoms with Gasteiger partial charge in [0.25, 0.3) is 0 Å². The number of nitrogens with one attached hydrogen (secondary N) is 1. The fraction of sp³-hybridized carbons (Fsp3) is 0.294. The molecule has 0 bridgehead atoms. The molecule has 0 aliphatic rings. The van der Waals surface area contributed by atoms with Gasteiger partial charge in [0.15, 0.2) is 0 Å². The topological polar surface area (TPSA) is 55.4 Å². The quantitative estimate of drug-likeness (QED) is 0.855. The molecule has 4 nitrogen and oxygen atoms in total. The first-order valence-corrected chi connectivity index (χ1v) is 7.91. The predicted molar refractivity (Wildman–Crippen MR) is 88.5 cm³/mol. The number of esters is 1. The van der Waals surface area contributed by atoms with Crippen LogP contribution in [0, 0.1) is 13.8 Å². The number of benzene rings is 1. The molecule has 1 aromatic carbocycles. The van der Waals surface area contributed by atoms with Gasteiger partial charge >= 0.3 is 5.97 Å². The molecule has 0 atom stereocenters. The molecule has 0 fully saturated rings. The zero-order chi connectivity index (χ0) is 16.1. The Morgan fingerprint density at radius 3 is 2.68 bits per heavy atom. The number of carbonyl (C=O) groups excluding carboxylic acids is 2. The number of anilines is 1. The number of carbonyl (C=O) groups is 2. The Bertz CT molecular complexity index is 691. The smallest absolute Gasteiger partial charge is 0.350 e. The van der Waals surface area contributed by atoms with E-state index in [-0.39, 0.29) is 5.91 Å². The highest BCUT2D eigenvalue weighted by atomic mass is 32.1. The van der Waals surface area contributed by atoms with E-state index < -0.39 is 5.97 Å². The van der Waals surface area contributed by atoms with Crippen LogP contribution in [0.4, 0.5) is 5.69 Å². The van der Waals surface area contributed by atoms with Gasteiger partial charge in [-0.25, -0.2) is 4.79 Å². The van der Waals surface area contributed by atoms with Crippen molar-refractivity contribution in [3.8, 4) is 0 Å². The molecule has 0 unspecified atom stereocenters. The number of methoxy groups -OCH3 is 1. The van der Waals surface area contributed by atoms with Gasteiger partial charge < -0.3 is 10.1 Å². The van der Waals surface area contributed by atoms with Crippen LogP contribution in [-0.4, -0.2) is 19.0 Å². The van der Waals surface area contributed by atoms with E-state index >= 15 is 0 Å². The van der Waals surface area contributed by atoms with Crippen LogP contribution in [0.3, 0.4) is 0 Å². The summed E-state index contributed by atoms with van der Waals surface area (Å²) in [4.78, 5) is 24.1. The molecular weight excluding hydrogens is 298 g/mol. The van der Waals surface area contributed by atoms with Crippen molar-refractivity contribution in [1.29, 1.82) is 0 Å². The molecule has 1 aromatic heterocycles.